The Morgan fingerprint density at radius 1 is 1.17 bits per heavy atom. The first-order valence-corrected chi connectivity index (χ1v) is 6.03. The Kier molecular flexibility index (Phi) is 5.45. The molecule has 4 N–H and O–H groups in total. The Morgan fingerprint density at radius 2 is 1.78 bits per heavy atom. The lowest BCUT2D eigenvalue weighted by molar-refractivity contribution is 0.0792. The van der Waals surface area contributed by atoms with Crippen molar-refractivity contribution in [1.82, 2.24) is 4.90 Å². The second kappa shape index (κ2) is 6.86. The van der Waals surface area contributed by atoms with Crippen molar-refractivity contribution in [3.05, 3.63) is 23.8 Å². The van der Waals surface area contributed by atoms with Crippen molar-refractivity contribution >= 4 is 5.91 Å². The fraction of sp³-hybridized carbons (Fsp3) is 0.462. The lowest BCUT2D eigenvalue weighted by Gasteiger charge is -2.17. The highest BCUT2D eigenvalue weighted by Crippen LogP contribution is 2.21. The predicted molar refractivity (Wildman–Crippen MR) is 69.6 cm³/mol. The van der Waals surface area contributed by atoms with Gasteiger partial charge >= 0.3 is 0 Å². The number of hydrogen-bond acceptors (Lipinski definition) is 4. The molecule has 0 unspecified atom stereocenters. The van der Waals surface area contributed by atoms with Gasteiger partial charge in [-0.05, 0) is 31.5 Å². The van der Waals surface area contributed by atoms with Gasteiger partial charge in [0.1, 0.15) is 11.5 Å². The Bertz CT molecular complexity index is 387. The molecule has 0 saturated carbocycles. The van der Waals surface area contributed by atoms with Crippen LogP contribution in [-0.2, 0) is 0 Å². The van der Waals surface area contributed by atoms with E-state index in [1.165, 1.54) is 18.2 Å². The molecule has 1 amide bonds. The number of nitrogens with two attached hydrogens (primary N) is 1. The van der Waals surface area contributed by atoms with Crippen molar-refractivity contribution < 1.29 is 15.0 Å². The second-order valence-corrected chi connectivity index (χ2v) is 4.31. The van der Waals surface area contributed by atoms with Gasteiger partial charge in [-0.1, -0.05) is 6.42 Å². The van der Waals surface area contributed by atoms with Crippen LogP contribution in [0.3, 0.4) is 0 Å². The number of amides is 1. The quantitative estimate of drug-likeness (QED) is 0.666. The third-order valence-electron chi connectivity index (χ3n) is 2.69. The molecule has 100 valence electrons. The summed E-state index contributed by atoms with van der Waals surface area (Å²) in [6.07, 6.45) is 2.83. The van der Waals surface area contributed by atoms with E-state index in [1.807, 2.05) is 0 Å². The van der Waals surface area contributed by atoms with E-state index in [4.69, 9.17) is 5.73 Å². The van der Waals surface area contributed by atoms with Crippen molar-refractivity contribution in [1.29, 1.82) is 0 Å². The summed E-state index contributed by atoms with van der Waals surface area (Å²) in [7, 11) is 1.70. The van der Waals surface area contributed by atoms with Gasteiger partial charge in [-0.3, -0.25) is 4.79 Å². The van der Waals surface area contributed by atoms with Crippen molar-refractivity contribution in [3.63, 3.8) is 0 Å². The Labute approximate surface area is 107 Å². The van der Waals surface area contributed by atoms with Crippen LogP contribution in [-0.4, -0.2) is 41.2 Å². The molecule has 5 heteroatoms. The highest BCUT2D eigenvalue weighted by atomic mass is 16.3. The van der Waals surface area contributed by atoms with Crippen molar-refractivity contribution in [2.75, 3.05) is 20.1 Å². The van der Waals surface area contributed by atoms with Gasteiger partial charge in [-0.15, -0.1) is 0 Å². The van der Waals surface area contributed by atoms with Crippen LogP contribution in [0.2, 0.25) is 0 Å². The van der Waals surface area contributed by atoms with E-state index in [-0.39, 0.29) is 23.0 Å². The molecule has 0 heterocycles. The van der Waals surface area contributed by atoms with Crippen LogP contribution in [0, 0.1) is 0 Å². The van der Waals surface area contributed by atoms with E-state index in [2.05, 4.69) is 0 Å². The fourth-order valence-electron chi connectivity index (χ4n) is 1.71. The van der Waals surface area contributed by atoms with Crippen LogP contribution < -0.4 is 5.73 Å². The zero-order valence-corrected chi connectivity index (χ0v) is 10.6. The molecule has 0 saturated heterocycles. The molecular formula is C13H20N2O3. The molecule has 0 bridgehead atoms. The van der Waals surface area contributed by atoms with Gasteiger partial charge in [0.2, 0.25) is 0 Å². The summed E-state index contributed by atoms with van der Waals surface area (Å²) in [4.78, 5) is 13.6. The molecule has 1 rings (SSSR count). The number of unbranched alkanes of at least 4 members (excludes halogenated alkanes) is 2. The first kappa shape index (κ1) is 14.3. The number of nitrogens with zero attached hydrogens (tertiary/aromatic N) is 1. The normalized spacial score (nSPS) is 10.3. The van der Waals surface area contributed by atoms with Crippen molar-refractivity contribution in [3.8, 4) is 11.5 Å². The molecule has 1 aromatic rings. The first-order chi connectivity index (χ1) is 8.54. The molecule has 0 atom stereocenters. The summed E-state index contributed by atoms with van der Waals surface area (Å²) in [6.45, 7) is 1.30. The summed E-state index contributed by atoms with van der Waals surface area (Å²) in [5.74, 6) is -0.446. The second-order valence-electron chi connectivity index (χ2n) is 4.31. The third kappa shape index (κ3) is 4.25. The molecule has 0 aliphatic carbocycles. The van der Waals surface area contributed by atoms with E-state index < -0.39 is 0 Å². The monoisotopic (exact) mass is 252 g/mol. The number of carbonyl (C=O) groups excluding carboxylic acids is 1. The molecule has 0 fully saturated rings. The first-order valence-electron chi connectivity index (χ1n) is 6.03. The lowest BCUT2D eigenvalue weighted by atomic mass is 10.1. The molecule has 0 aromatic heterocycles. The van der Waals surface area contributed by atoms with Gasteiger partial charge < -0.3 is 20.8 Å². The lowest BCUT2D eigenvalue weighted by Crippen LogP contribution is -2.27. The van der Waals surface area contributed by atoms with Crippen molar-refractivity contribution in [2.24, 2.45) is 5.73 Å². The molecule has 0 spiro atoms. The van der Waals surface area contributed by atoms with Crippen LogP contribution >= 0.6 is 0 Å². The van der Waals surface area contributed by atoms with E-state index >= 15 is 0 Å². The minimum atomic E-state index is -0.214. The average Bonchev–Trinajstić information content (AvgIpc) is 2.32. The molecule has 5 nitrogen and oxygen atoms in total. The van der Waals surface area contributed by atoms with Crippen LogP contribution in [0.25, 0.3) is 0 Å². The third-order valence-corrected chi connectivity index (χ3v) is 2.69. The number of benzene rings is 1. The molecular weight excluding hydrogens is 232 g/mol. The molecule has 0 radical (unpaired) electrons. The van der Waals surface area contributed by atoms with Crippen LogP contribution in [0.4, 0.5) is 0 Å². The van der Waals surface area contributed by atoms with Crippen molar-refractivity contribution in [2.45, 2.75) is 19.3 Å². The minimum Gasteiger partial charge on any atom is -0.508 e. The highest BCUT2D eigenvalue weighted by molar-refractivity contribution is 5.94. The Balaban J connectivity index is 2.57. The molecule has 0 aliphatic rings. The maximum Gasteiger partial charge on any atom is 0.253 e. The van der Waals surface area contributed by atoms with Gasteiger partial charge in [0.25, 0.3) is 5.91 Å². The van der Waals surface area contributed by atoms with Gasteiger partial charge in [-0.2, -0.15) is 0 Å². The average molecular weight is 252 g/mol. The number of rotatable bonds is 6. The van der Waals surface area contributed by atoms with Gasteiger partial charge in [0.15, 0.2) is 0 Å². The topological polar surface area (TPSA) is 86.8 Å². The van der Waals surface area contributed by atoms with Gasteiger partial charge in [-0.25, -0.2) is 0 Å². The summed E-state index contributed by atoms with van der Waals surface area (Å²) in [5, 5.41) is 18.7. The van der Waals surface area contributed by atoms with Gasteiger partial charge in [0, 0.05) is 25.2 Å². The minimum absolute atomic E-state index is 0.116. The number of phenolic OH excluding ortho intramolecular Hbond substituents is 2. The highest BCUT2D eigenvalue weighted by Gasteiger charge is 2.13. The number of aromatic hydroxyl groups is 2. The molecule has 0 aliphatic heterocycles. The zero-order chi connectivity index (χ0) is 13.5. The molecule has 18 heavy (non-hydrogen) atoms. The largest absolute Gasteiger partial charge is 0.508 e. The predicted octanol–water partition coefficient (Wildman–Crippen LogP) is 1.30. The maximum atomic E-state index is 12.0. The number of carbonyl (C=O) groups is 1. The number of phenols is 2. The SMILES string of the molecule is CN(CCCCCN)C(=O)c1cc(O)cc(O)c1. The van der Waals surface area contributed by atoms with Crippen LogP contribution in [0.1, 0.15) is 29.6 Å². The van der Waals surface area contributed by atoms with E-state index in [1.54, 1.807) is 11.9 Å². The fourth-order valence-corrected chi connectivity index (χ4v) is 1.71. The smallest absolute Gasteiger partial charge is 0.253 e. The number of hydrogen-bond donors (Lipinski definition) is 3. The standard InChI is InChI=1S/C13H20N2O3/c1-15(6-4-2-3-5-14)13(18)10-7-11(16)9-12(17)8-10/h7-9,16-17H,2-6,14H2,1H3. The summed E-state index contributed by atoms with van der Waals surface area (Å²) in [5.41, 5.74) is 5.68. The Morgan fingerprint density at radius 3 is 2.33 bits per heavy atom. The van der Waals surface area contributed by atoms with E-state index in [0.29, 0.717) is 13.1 Å². The molecule has 1 aromatic carbocycles. The zero-order valence-electron chi connectivity index (χ0n) is 10.6. The Hall–Kier alpha value is -1.75. The summed E-state index contributed by atoms with van der Waals surface area (Å²) in [6, 6.07) is 3.88. The summed E-state index contributed by atoms with van der Waals surface area (Å²) < 4.78 is 0. The van der Waals surface area contributed by atoms with Crippen LogP contribution in [0.15, 0.2) is 18.2 Å². The van der Waals surface area contributed by atoms with E-state index in [9.17, 15) is 15.0 Å². The summed E-state index contributed by atoms with van der Waals surface area (Å²) >= 11 is 0. The maximum absolute atomic E-state index is 12.0. The van der Waals surface area contributed by atoms with E-state index in [0.717, 1.165) is 19.3 Å². The van der Waals surface area contributed by atoms with Gasteiger partial charge in [0.05, 0.1) is 0 Å². The van der Waals surface area contributed by atoms with Crippen LogP contribution in [0.5, 0.6) is 11.5 Å².